The number of aromatic nitrogens is 1. The molecule has 3 rings (SSSR count). The lowest BCUT2D eigenvalue weighted by molar-refractivity contribution is -0.114. The molecule has 0 aliphatic heterocycles. The van der Waals surface area contributed by atoms with Crippen molar-refractivity contribution in [3.05, 3.63) is 71.0 Å². The second kappa shape index (κ2) is 10.3. The van der Waals surface area contributed by atoms with E-state index in [1.54, 1.807) is 37.3 Å². The Balaban J connectivity index is 1.82. The molecule has 0 spiro atoms. The van der Waals surface area contributed by atoms with Crippen molar-refractivity contribution >= 4 is 23.2 Å². The molecule has 7 nitrogen and oxygen atoms in total. The van der Waals surface area contributed by atoms with Crippen LogP contribution in [-0.4, -0.2) is 35.3 Å². The van der Waals surface area contributed by atoms with Crippen LogP contribution in [0.4, 0.5) is 14.5 Å². The standard InChI is InChI=1S/C25H24F2N2O5/c1-14-11-21(15(2)29(14)19-6-8-20(9-7-19)34-25(26)27)23(32)13-33-24-12-18(16(3)30)5-10-22(24)28-17(4)31/h5-12,25H,13H2,1-4H3,(H,28,31). The van der Waals surface area contributed by atoms with Crippen LogP contribution in [0.25, 0.3) is 5.69 Å². The van der Waals surface area contributed by atoms with E-state index in [-0.39, 0.29) is 35.6 Å². The Morgan fingerprint density at radius 3 is 2.26 bits per heavy atom. The van der Waals surface area contributed by atoms with Gasteiger partial charge in [-0.05, 0) is 69.3 Å². The third-order valence-corrected chi connectivity index (χ3v) is 5.11. The molecule has 0 radical (unpaired) electrons. The van der Waals surface area contributed by atoms with Crippen LogP contribution >= 0.6 is 0 Å². The summed E-state index contributed by atoms with van der Waals surface area (Å²) in [5.41, 5.74) is 3.25. The van der Waals surface area contributed by atoms with Crippen LogP contribution in [0.1, 0.15) is 46.0 Å². The number of benzene rings is 2. The number of anilines is 1. The van der Waals surface area contributed by atoms with Gasteiger partial charge in [0.1, 0.15) is 11.5 Å². The molecule has 9 heteroatoms. The van der Waals surface area contributed by atoms with Gasteiger partial charge in [-0.3, -0.25) is 14.4 Å². The molecule has 1 N–H and O–H groups in total. The second-order valence-electron chi connectivity index (χ2n) is 7.65. The molecule has 3 aromatic rings. The number of ketones is 2. The van der Waals surface area contributed by atoms with Crippen molar-refractivity contribution in [2.24, 2.45) is 0 Å². The molecule has 0 saturated heterocycles. The summed E-state index contributed by atoms with van der Waals surface area (Å²) in [4.78, 5) is 36.2. The SMILES string of the molecule is CC(=O)Nc1ccc(C(C)=O)cc1OCC(=O)c1cc(C)n(-c2ccc(OC(F)F)cc2)c1C. The summed E-state index contributed by atoms with van der Waals surface area (Å²) in [6, 6.07) is 12.4. The van der Waals surface area contributed by atoms with E-state index in [0.717, 1.165) is 5.69 Å². The van der Waals surface area contributed by atoms with Crippen LogP contribution in [0.5, 0.6) is 11.5 Å². The fourth-order valence-corrected chi connectivity index (χ4v) is 3.59. The van der Waals surface area contributed by atoms with Crippen molar-refractivity contribution in [3.63, 3.8) is 0 Å². The maximum Gasteiger partial charge on any atom is 0.387 e. The summed E-state index contributed by atoms with van der Waals surface area (Å²) < 4.78 is 36.7. The molecule has 0 bridgehead atoms. The van der Waals surface area contributed by atoms with Gasteiger partial charge in [0.05, 0.1) is 5.69 Å². The average molecular weight is 470 g/mol. The first-order chi connectivity index (χ1) is 16.1. The number of aryl methyl sites for hydroxylation is 1. The first-order valence-corrected chi connectivity index (χ1v) is 10.4. The molecule has 178 valence electrons. The van der Waals surface area contributed by atoms with Gasteiger partial charge < -0.3 is 19.4 Å². The number of ether oxygens (including phenoxy) is 2. The Morgan fingerprint density at radius 2 is 1.68 bits per heavy atom. The lowest BCUT2D eigenvalue weighted by Gasteiger charge is -2.13. The molecule has 34 heavy (non-hydrogen) atoms. The van der Waals surface area contributed by atoms with Crippen molar-refractivity contribution < 1.29 is 32.6 Å². The van der Waals surface area contributed by atoms with Crippen LogP contribution in [0.2, 0.25) is 0 Å². The van der Waals surface area contributed by atoms with Crippen molar-refractivity contribution in [1.29, 1.82) is 0 Å². The number of nitrogens with one attached hydrogen (secondary N) is 1. The Bertz CT molecular complexity index is 1230. The Labute approximate surface area is 195 Å². The minimum atomic E-state index is -2.91. The van der Waals surface area contributed by atoms with E-state index >= 15 is 0 Å². The zero-order chi connectivity index (χ0) is 25.0. The van der Waals surface area contributed by atoms with Crippen molar-refractivity contribution in [3.8, 4) is 17.2 Å². The average Bonchev–Trinajstić information content (AvgIpc) is 3.06. The van der Waals surface area contributed by atoms with Crippen molar-refractivity contribution in [1.82, 2.24) is 4.57 Å². The zero-order valence-corrected chi connectivity index (χ0v) is 19.1. The first kappa shape index (κ1) is 24.6. The topological polar surface area (TPSA) is 86.6 Å². The van der Waals surface area contributed by atoms with Gasteiger partial charge in [0, 0.05) is 35.1 Å². The normalized spacial score (nSPS) is 10.8. The second-order valence-corrected chi connectivity index (χ2v) is 7.65. The summed E-state index contributed by atoms with van der Waals surface area (Å²) in [6.07, 6.45) is 0. The number of Topliss-reactive ketones (excluding diaryl/α,β-unsaturated/α-hetero) is 2. The molecule has 0 fully saturated rings. The first-order valence-electron chi connectivity index (χ1n) is 10.4. The highest BCUT2D eigenvalue weighted by molar-refractivity contribution is 5.99. The highest BCUT2D eigenvalue weighted by Crippen LogP contribution is 2.28. The molecule has 2 aromatic carbocycles. The summed E-state index contributed by atoms with van der Waals surface area (Å²) in [6.45, 7) is 3.10. The summed E-state index contributed by atoms with van der Waals surface area (Å²) >= 11 is 0. The van der Waals surface area contributed by atoms with Gasteiger partial charge in [-0.1, -0.05) is 0 Å². The van der Waals surface area contributed by atoms with Gasteiger partial charge in [-0.15, -0.1) is 0 Å². The maximum absolute atomic E-state index is 13.0. The van der Waals surface area contributed by atoms with Crippen LogP contribution in [0.15, 0.2) is 48.5 Å². The van der Waals surface area contributed by atoms with Gasteiger partial charge >= 0.3 is 6.61 Å². The van der Waals surface area contributed by atoms with E-state index in [1.165, 1.54) is 32.0 Å². The van der Waals surface area contributed by atoms with Crippen LogP contribution in [-0.2, 0) is 4.79 Å². The van der Waals surface area contributed by atoms with E-state index in [1.807, 2.05) is 11.5 Å². The minimum Gasteiger partial charge on any atom is -0.483 e. The Hall–Kier alpha value is -4.01. The molecule has 0 unspecified atom stereocenters. The van der Waals surface area contributed by atoms with E-state index in [0.29, 0.717) is 28.2 Å². The Kier molecular flexibility index (Phi) is 7.45. The fourth-order valence-electron chi connectivity index (χ4n) is 3.59. The monoisotopic (exact) mass is 470 g/mol. The predicted octanol–water partition coefficient (Wildman–Crippen LogP) is 5.12. The number of halogens is 2. The van der Waals surface area contributed by atoms with E-state index in [9.17, 15) is 23.2 Å². The number of hydrogen-bond donors (Lipinski definition) is 1. The van der Waals surface area contributed by atoms with Gasteiger partial charge in [0.25, 0.3) is 0 Å². The Morgan fingerprint density at radius 1 is 1.00 bits per heavy atom. The molecule has 1 amide bonds. The maximum atomic E-state index is 13.0. The van der Waals surface area contributed by atoms with Crippen molar-refractivity contribution in [2.75, 3.05) is 11.9 Å². The molecular formula is C25H24F2N2O5. The highest BCUT2D eigenvalue weighted by Gasteiger charge is 2.19. The van der Waals surface area contributed by atoms with E-state index in [4.69, 9.17) is 4.74 Å². The fraction of sp³-hybridized carbons (Fsp3) is 0.240. The number of hydrogen-bond acceptors (Lipinski definition) is 5. The van der Waals surface area contributed by atoms with Crippen LogP contribution < -0.4 is 14.8 Å². The van der Waals surface area contributed by atoms with Gasteiger partial charge in [0.15, 0.2) is 12.4 Å². The quantitative estimate of drug-likeness (QED) is 0.439. The molecule has 0 aliphatic carbocycles. The third kappa shape index (κ3) is 5.67. The largest absolute Gasteiger partial charge is 0.483 e. The molecule has 1 aromatic heterocycles. The molecule has 0 saturated carbocycles. The molecule has 1 heterocycles. The highest BCUT2D eigenvalue weighted by atomic mass is 19.3. The number of amides is 1. The van der Waals surface area contributed by atoms with E-state index in [2.05, 4.69) is 10.1 Å². The van der Waals surface area contributed by atoms with Gasteiger partial charge in [-0.2, -0.15) is 8.78 Å². The lowest BCUT2D eigenvalue weighted by atomic mass is 10.1. The summed E-state index contributed by atoms with van der Waals surface area (Å²) in [5.74, 6) is -0.563. The van der Waals surface area contributed by atoms with Gasteiger partial charge in [0.2, 0.25) is 11.7 Å². The number of carbonyl (C=O) groups excluding carboxylic acids is 3. The summed E-state index contributed by atoms with van der Waals surface area (Å²) in [7, 11) is 0. The molecule has 0 aliphatic rings. The zero-order valence-electron chi connectivity index (χ0n) is 19.1. The van der Waals surface area contributed by atoms with Crippen LogP contribution in [0, 0.1) is 13.8 Å². The number of carbonyl (C=O) groups is 3. The number of nitrogens with zero attached hydrogens (tertiary/aromatic N) is 1. The minimum absolute atomic E-state index is 0.0358. The van der Waals surface area contributed by atoms with Crippen LogP contribution in [0.3, 0.4) is 0 Å². The third-order valence-electron chi connectivity index (χ3n) is 5.11. The van der Waals surface area contributed by atoms with Crippen molar-refractivity contribution in [2.45, 2.75) is 34.3 Å². The predicted molar refractivity (Wildman–Crippen MR) is 122 cm³/mol. The van der Waals surface area contributed by atoms with E-state index < -0.39 is 6.61 Å². The molecule has 0 atom stereocenters. The number of rotatable bonds is 9. The lowest BCUT2D eigenvalue weighted by Crippen LogP contribution is -2.15. The smallest absolute Gasteiger partial charge is 0.387 e. The molecular weight excluding hydrogens is 446 g/mol. The van der Waals surface area contributed by atoms with Gasteiger partial charge in [-0.25, -0.2) is 0 Å². The summed E-state index contributed by atoms with van der Waals surface area (Å²) in [5, 5.41) is 2.62. The number of alkyl halides is 2.